The van der Waals surface area contributed by atoms with Gasteiger partial charge in [0.25, 0.3) is 0 Å². The van der Waals surface area contributed by atoms with E-state index in [0.29, 0.717) is 5.56 Å². The summed E-state index contributed by atoms with van der Waals surface area (Å²) in [4.78, 5) is 2.92. The summed E-state index contributed by atoms with van der Waals surface area (Å²) in [5.74, 6) is 0.789. The van der Waals surface area contributed by atoms with E-state index in [9.17, 15) is 0 Å². The molecule has 0 amide bonds. The van der Waals surface area contributed by atoms with Crippen molar-refractivity contribution in [1.82, 2.24) is 4.98 Å². The number of H-pyrrole nitrogens is 1. The van der Waals surface area contributed by atoms with Gasteiger partial charge in [-0.25, -0.2) is 0 Å². The lowest BCUT2D eigenvalue weighted by Gasteiger charge is -2.02. The second kappa shape index (κ2) is 3.89. The summed E-state index contributed by atoms with van der Waals surface area (Å²) in [6.07, 6.45) is 3.50. The van der Waals surface area contributed by atoms with Gasteiger partial charge in [0.05, 0.1) is 12.7 Å². The minimum Gasteiger partial charge on any atom is -0.497 e. The molecule has 1 N–H and O–H groups in total. The largest absolute Gasteiger partial charge is 0.497 e. The van der Waals surface area contributed by atoms with Gasteiger partial charge in [0, 0.05) is 18.0 Å². The summed E-state index contributed by atoms with van der Waals surface area (Å²) in [7, 11) is 1.63. The van der Waals surface area contributed by atoms with Gasteiger partial charge >= 0.3 is 0 Å². The Morgan fingerprint density at radius 2 is 2.20 bits per heavy atom. The monoisotopic (exact) mass is 198 g/mol. The summed E-state index contributed by atoms with van der Waals surface area (Å²) < 4.78 is 5.13. The quantitative estimate of drug-likeness (QED) is 0.806. The molecule has 0 saturated carbocycles. The first-order valence-electron chi connectivity index (χ1n) is 4.56. The molecule has 3 nitrogen and oxygen atoms in total. The van der Waals surface area contributed by atoms with Gasteiger partial charge in [-0.15, -0.1) is 0 Å². The molecule has 1 heterocycles. The lowest BCUT2D eigenvalue weighted by atomic mass is 10.1. The number of aromatic nitrogens is 1. The lowest BCUT2D eigenvalue weighted by molar-refractivity contribution is 0.415. The fourth-order valence-electron chi connectivity index (χ4n) is 1.49. The lowest BCUT2D eigenvalue weighted by Crippen LogP contribution is -1.83. The summed E-state index contributed by atoms with van der Waals surface area (Å²) in [5.41, 5.74) is 2.52. The van der Waals surface area contributed by atoms with Gasteiger partial charge in [0.2, 0.25) is 0 Å². The molecule has 0 spiro atoms. The van der Waals surface area contributed by atoms with Gasteiger partial charge in [-0.3, -0.25) is 0 Å². The van der Waals surface area contributed by atoms with Gasteiger partial charge in [-0.05, 0) is 17.7 Å². The van der Waals surface area contributed by atoms with Crippen LogP contribution in [0.5, 0.6) is 5.75 Å². The summed E-state index contributed by atoms with van der Waals surface area (Å²) >= 11 is 0. The van der Waals surface area contributed by atoms with Gasteiger partial charge in [-0.1, -0.05) is 12.1 Å². The predicted octanol–water partition coefficient (Wildman–Crippen LogP) is 2.56. The Labute approximate surface area is 87.9 Å². The highest BCUT2D eigenvalue weighted by Gasteiger charge is 2.05. The van der Waals surface area contributed by atoms with E-state index in [1.807, 2.05) is 30.5 Å². The fourth-order valence-corrected chi connectivity index (χ4v) is 1.49. The van der Waals surface area contributed by atoms with E-state index < -0.39 is 0 Å². The molecule has 0 fully saturated rings. The molecule has 2 rings (SSSR count). The third-order valence-corrected chi connectivity index (χ3v) is 2.25. The Bertz CT molecular complexity index is 508. The minimum atomic E-state index is 0.642. The molecule has 0 radical (unpaired) electrons. The van der Waals surface area contributed by atoms with E-state index in [-0.39, 0.29) is 0 Å². The number of rotatable bonds is 2. The van der Waals surface area contributed by atoms with Crippen LogP contribution in [0.1, 0.15) is 5.56 Å². The van der Waals surface area contributed by atoms with E-state index in [1.165, 1.54) is 0 Å². The number of methoxy groups -OCH3 is 1. The molecule has 74 valence electrons. The SMILES string of the molecule is COc1cccc(-c2c[nH]cc2C#N)c1. The summed E-state index contributed by atoms with van der Waals surface area (Å²) in [6.45, 7) is 0. The van der Waals surface area contributed by atoms with Crippen molar-refractivity contribution in [3.05, 3.63) is 42.2 Å². The van der Waals surface area contributed by atoms with Crippen molar-refractivity contribution >= 4 is 0 Å². The second-order valence-corrected chi connectivity index (χ2v) is 3.13. The maximum Gasteiger partial charge on any atom is 0.119 e. The zero-order valence-electron chi connectivity index (χ0n) is 8.32. The van der Waals surface area contributed by atoms with Gasteiger partial charge in [0.1, 0.15) is 11.8 Å². The third-order valence-electron chi connectivity index (χ3n) is 2.25. The molecule has 15 heavy (non-hydrogen) atoms. The molecule has 0 aliphatic rings. The first kappa shape index (κ1) is 9.35. The molecule has 0 aliphatic heterocycles. The van der Waals surface area contributed by atoms with E-state index in [2.05, 4.69) is 11.1 Å². The van der Waals surface area contributed by atoms with Crippen molar-refractivity contribution < 1.29 is 4.74 Å². The molecular weight excluding hydrogens is 188 g/mol. The van der Waals surface area contributed by atoms with Crippen LogP contribution in [0, 0.1) is 11.3 Å². The van der Waals surface area contributed by atoms with Crippen molar-refractivity contribution in [2.75, 3.05) is 7.11 Å². The molecule has 0 unspecified atom stereocenters. The van der Waals surface area contributed by atoms with Crippen molar-refractivity contribution in [3.63, 3.8) is 0 Å². The highest BCUT2D eigenvalue weighted by molar-refractivity contribution is 5.70. The van der Waals surface area contributed by atoms with Crippen molar-refractivity contribution in [1.29, 1.82) is 5.26 Å². The van der Waals surface area contributed by atoms with Crippen LogP contribution in [-0.4, -0.2) is 12.1 Å². The van der Waals surface area contributed by atoms with Crippen LogP contribution in [0.15, 0.2) is 36.7 Å². The molecule has 0 aliphatic carbocycles. The molecule has 2 aromatic rings. The fraction of sp³-hybridized carbons (Fsp3) is 0.0833. The Hall–Kier alpha value is -2.21. The summed E-state index contributed by atoms with van der Waals surface area (Å²) in [6, 6.07) is 9.78. The van der Waals surface area contributed by atoms with Crippen LogP contribution in [0.4, 0.5) is 0 Å². The number of nitriles is 1. The molecule has 0 saturated heterocycles. The number of aromatic amines is 1. The van der Waals surface area contributed by atoms with Crippen LogP contribution in [-0.2, 0) is 0 Å². The standard InChI is InChI=1S/C12H10N2O/c1-15-11-4-2-3-9(5-11)12-8-14-7-10(12)6-13/h2-5,7-8,14H,1H3. The Balaban J connectivity index is 2.50. The Morgan fingerprint density at radius 1 is 1.33 bits per heavy atom. The molecule has 0 bridgehead atoms. The molecular formula is C12H10N2O. The number of nitrogens with zero attached hydrogens (tertiary/aromatic N) is 1. The topological polar surface area (TPSA) is 48.8 Å². The second-order valence-electron chi connectivity index (χ2n) is 3.13. The first-order chi connectivity index (χ1) is 7.35. The average molecular weight is 198 g/mol. The van der Waals surface area contributed by atoms with E-state index in [1.54, 1.807) is 13.3 Å². The highest BCUT2D eigenvalue weighted by atomic mass is 16.5. The first-order valence-corrected chi connectivity index (χ1v) is 4.56. The van der Waals surface area contributed by atoms with Crippen LogP contribution in [0.3, 0.4) is 0 Å². The van der Waals surface area contributed by atoms with Crippen LogP contribution in [0.25, 0.3) is 11.1 Å². The summed E-state index contributed by atoms with van der Waals surface area (Å²) in [5, 5.41) is 8.89. The molecule has 1 aromatic carbocycles. The van der Waals surface area contributed by atoms with E-state index >= 15 is 0 Å². The normalized spacial score (nSPS) is 9.60. The molecule has 1 aromatic heterocycles. The average Bonchev–Trinajstić information content (AvgIpc) is 2.77. The van der Waals surface area contributed by atoms with E-state index in [0.717, 1.165) is 16.9 Å². The van der Waals surface area contributed by atoms with Crippen LogP contribution in [0.2, 0.25) is 0 Å². The van der Waals surface area contributed by atoms with Crippen LogP contribution >= 0.6 is 0 Å². The van der Waals surface area contributed by atoms with Crippen molar-refractivity contribution in [2.24, 2.45) is 0 Å². The number of nitrogens with one attached hydrogen (secondary N) is 1. The van der Waals surface area contributed by atoms with E-state index in [4.69, 9.17) is 10.00 Å². The zero-order valence-corrected chi connectivity index (χ0v) is 8.32. The van der Waals surface area contributed by atoms with Crippen LogP contribution < -0.4 is 4.74 Å². The number of benzene rings is 1. The number of hydrogen-bond acceptors (Lipinski definition) is 2. The van der Waals surface area contributed by atoms with Gasteiger partial charge in [0.15, 0.2) is 0 Å². The highest BCUT2D eigenvalue weighted by Crippen LogP contribution is 2.26. The van der Waals surface area contributed by atoms with Gasteiger partial charge in [-0.2, -0.15) is 5.26 Å². The predicted molar refractivity (Wildman–Crippen MR) is 57.5 cm³/mol. The maximum absolute atomic E-state index is 8.89. The van der Waals surface area contributed by atoms with Crippen molar-refractivity contribution in [2.45, 2.75) is 0 Å². The molecule has 0 atom stereocenters. The molecule has 3 heteroatoms. The Morgan fingerprint density at radius 3 is 2.93 bits per heavy atom. The maximum atomic E-state index is 8.89. The van der Waals surface area contributed by atoms with Crippen molar-refractivity contribution in [3.8, 4) is 22.9 Å². The minimum absolute atomic E-state index is 0.642. The Kier molecular flexibility index (Phi) is 2.42. The smallest absolute Gasteiger partial charge is 0.119 e. The number of hydrogen-bond donors (Lipinski definition) is 1. The third kappa shape index (κ3) is 1.70. The van der Waals surface area contributed by atoms with Gasteiger partial charge < -0.3 is 9.72 Å². The number of ether oxygens (including phenoxy) is 1. The zero-order chi connectivity index (χ0) is 10.7.